The summed E-state index contributed by atoms with van der Waals surface area (Å²) >= 11 is 0. The molecule has 2 N–H and O–H groups in total. The van der Waals surface area contributed by atoms with Gasteiger partial charge in [-0.15, -0.1) is 0 Å². The van der Waals surface area contributed by atoms with E-state index < -0.39 is 63.9 Å². The van der Waals surface area contributed by atoms with Gasteiger partial charge >= 0.3 is 6.18 Å². The van der Waals surface area contributed by atoms with Crippen LogP contribution in [0.2, 0.25) is 0 Å². The van der Waals surface area contributed by atoms with Crippen LogP contribution >= 0.6 is 0 Å². The first-order chi connectivity index (χ1) is 33.6. The van der Waals surface area contributed by atoms with Crippen molar-refractivity contribution in [3.05, 3.63) is 204 Å². The molecule has 70 heavy (non-hydrogen) atoms. The smallest absolute Gasteiger partial charge is 0.322 e. The van der Waals surface area contributed by atoms with Gasteiger partial charge in [-0.05, 0) is 91.9 Å². The van der Waals surface area contributed by atoms with Crippen molar-refractivity contribution < 1.29 is 44.7 Å². The SMILES string of the molecule is Cc1ncc(-c2cccn3c(-c4ccccc4F)ncc23)cc1C(=O)Nc1ccc(F)cc1-c1ccc(-c2ncc3c(-c4cnc(C(F)(F)F)c(C(=O)Nc5ccc(F)cc5)c4)cccn23)c(F)c1F. The van der Waals surface area contributed by atoms with Gasteiger partial charge in [-0.25, -0.2) is 31.9 Å². The highest BCUT2D eigenvalue weighted by molar-refractivity contribution is 6.08. The molecule has 0 saturated heterocycles. The molecular weight excluding hydrogens is 921 g/mol. The number of rotatable bonds is 9. The second-order valence-electron chi connectivity index (χ2n) is 15.9. The number of hydrogen-bond donors (Lipinski definition) is 2. The van der Waals surface area contributed by atoms with Crippen LogP contribution in [0.1, 0.15) is 32.1 Å². The maximum absolute atomic E-state index is 16.4. The number of nitrogens with zero attached hydrogens (tertiary/aromatic N) is 6. The average Bonchev–Trinajstić information content (AvgIpc) is 3.99. The largest absolute Gasteiger partial charge is 0.434 e. The minimum absolute atomic E-state index is 0.0285. The molecule has 0 atom stereocenters. The van der Waals surface area contributed by atoms with E-state index in [1.165, 1.54) is 65.3 Å². The zero-order valence-corrected chi connectivity index (χ0v) is 36.0. The molecule has 18 heteroatoms. The monoisotopic (exact) mass is 950 g/mol. The zero-order valence-electron chi connectivity index (χ0n) is 36.0. The Morgan fingerprint density at radius 3 is 1.73 bits per heavy atom. The Kier molecular flexibility index (Phi) is 11.2. The minimum atomic E-state index is -5.03. The van der Waals surface area contributed by atoms with Crippen molar-refractivity contribution in [3.63, 3.8) is 0 Å². The minimum Gasteiger partial charge on any atom is -0.322 e. The van der Waals surface area contributed by atoms with Crippen LogP contribution in [-0.2, 0) is 6.18 Å². The lowest BCUT2D eigenvalue weighted by molar-refractivity contribution is -0.141. The van der Waals surface area contributed by atoms with E-state index in [4.69, 9.17) is 0 Å². The number of hydrogen-bond acceptors (Lipinski definition) is 6. The van der Waals surface area contributed by atoms with Gasteiger partial charge in [-0.1, -0.05) is 30.3 Å². The maximum Gasteiger partial charge on any atom is 0.434 e. The summed E-state index contributed by atoms with van der Waals surface area (Å²) in [6.45, 7) is 1.60. The number of carbonyl (C=O) groups is 2. The Morgan fingerprint density at radius 2 is 1.07 bits per heavy atom. The fourth-order valence-electron chi connectivity index (χ4n) is 8.19. The van der Waals surface area contributed by atoms with Crippen molar-refractivity contribution in [3.8, 4) is 56.2 Å². The summed E-state index contributed by atoms with van der Waals surface area (Å²) in [5.74, 6) is -6.35. The Balaban J connectivity index is 0.957. The molecule has 0 aliphatic carbocycles. The molecule has 0 spiro atoms. The Labute approximate surface area is 390 Å². The fraction of sp³-hybridized carbons (Fsp3) is 0.0385. The number of anilines is 2. The normalized spacial score (nSPS) is 11.6. The molecule has 4 aromatic carbocycles. The lowest BCUT2D eigenvalue weighted by Crippen LogP contribution is -2.20. The second-order valence-corrected chi connectivity index (χ2v) is 15.9. The van der Waals surface area contributed by atoms with Gasteiger partial charge in [0.15, 0.2) is 17.3 Å². The van der Waals surface area contributed by atoms with E-state index >= 15 is 8.78 Å². The van der Waals surface area contributed by atoms with E-state index in [-0.39, 0.29) is 56.1 Å². The molecule has 0 saturated carbocycles. The summed E-state index contributed by atoms with van der Waals surface area (Å²) < 4.78 is 121. The Morgan fingerprint density at radius 1 is 0.514 bits per heavy atom. The third-order valence-corrected chi connectivity index (χ3v) is 11.6. The van der Waals surface area contributed by atoms with Crippen LogP contribution in [-0.4, -0.2) is 40.6 Å². The number of amides is 2. The van der Waals surface area contributed by atoms with Crippen LogP contribution in [0.15, 0.2) is 152 Å². The molecule has 10 aromatic rings. The summed E-state index contributed by atoms with van der Waals surface area (Å²) in [5, 5.41) is 5.01. The van der Waals surface area contributed by atoms with Gasteiger partial charge in [0, 0.05) is 69.5 Å². The third kappa shape index (κ3) is 8.14. The molecule has 6 heterocycles. The van der Waals surface area contributed by atoms with Gasteiger partial charge in [0.1, 0.15) is 29.1 Å². The third-order valence-electron chi connectivity index (χ3n) is 11.6. The molecule has 0 aliphatic heterocycles. The van der Waals surface area contributed by atoms with Crippen LogP contribution in [0.5, 0.6) is 0 Å². The summed E-state index contributed by atoms with van der Waals surface area (Å²) in [7, 11) is 0. The molecule has 0 radical (unpaired) electrons. The van der Waals surface area contributed by atoms with Crippen LogP contribution in [0.3, 0.4) is 0 Å². The first-order valence-electron chi connectivity index (χ1n) is 21.0. The molecule has 0 unspecified atom stereocenters. The summed E-state index contributed by atoms with van der Waals surface area (Å²) in [6.07, 6.45) is 3.47. The van der Waals surface area contributed by atoms with Crippen molar-refractivity contribution in [2.75, 3.05) is 10.6 Å². The Bertz CT molecular complexity index is 3740. The van der Waals surface area contributed by atoms with Gasteiger partial charge in [0.05, 0.1) is 51.4 Å². The van der Waals surface area contributed by atoms with Crippen molar-refractivity contribution in [1.29, 1.82) is 0 Å². The average molecular weight is 951 g/mol. The lowest BCUT2D eigenvalue weighted by atomic mass is 9.99. The molecule has 0 fully saturated rings. The molecular formula is C52H30F8N8O2. The van der Waals surface area contributed by atoms with Crippen LogP contribution in [0, 0.1) is 36.0 Å². The molecule has 346 valence electrons. The van der Waals surface area contributed by atoms with E-state index in [1.54, 1.807) is 66.3 Å². The standard InChI is InChI=1S/C52H30F8N8O2/c1-27-38(20-28(23-61-27)33-7-4-18-67-43(33)25-63-48(67)36-6-2-3-9-41(36)55)50(69)66-42-17-12-31(54)22-39(42)35-15-16-37(46(57)45(35)56)49-64-26-44-34(8-5-19-68(44)49)29-21-40(47(62-24-29)52(58,59)60)51(70)65-32-13-10-30(53)11-14-32/h2-26H,1H3,(H,65,70)(H,66,69). The van der Waals surface area contributed by atoms with E-state index in [1.807, 2.05) is 0 Å². The number of halogens is 8. The first kappa shape index (κ1) is 44.8. The van der Waals surface area contributed by atoms with E-state index in [9.17, 15) is 35.9 Å². The van der Waals surface area contributed by atoms with Gasteiger partial charge in [0.25, 0.3) is 11.8 Å². The van der Waals surface area contributed by atoms with Crippen molar-refractivity contribution in [2.24, 2.45) is 0 Å². The number of nitrogens with one attached hydrogen (secondary N) is 2. The first-order valence-corrected chi connectivity index (χ1v) is 21.0. The number of aryl methyl sites for hydroxylation is 1. The maximum atomic E-state index is 16.4. The topological polar surface area (TPSA) is 119 Å². The van der Waals surface area contributed by atoms with Gasteiger partial charge < -0.3 is 10.6 Å². The van der Waals surface area contributed by atoms with Crippen LogP contribution < -0.4 is 10.6 Å². The highest BCUT2D eigenvalue weighted by Crippen LogP contribution is 2.39. The van der Waals surface area contributed by atoms with Gasteiger partial charge in [-0.2, -0.15) is 13.2 Å². The highest BCUT2D eigenvalue weighted by Gasteiger charge is 2.38. The van der Waals surface area contributed by atoms with Crippen LogP contribution in [0.4, 0.5) is 46.5 Å². The van der Waals surface area contributed by atoms with Gasteiger partial charge in [0.2, 0.25) is 0 Å². The summed E-state index contributed by atoms with van der Waals surface area (Å²) in [5.41, 5.74) is -0.409. The molecule has 2 amide bonds. The Hall–Kier alpha value is -9.06. The second kappa shape index (κ2) is 17.5. The quantitative estimate of drug-likeness (QED) is 0.139. The number of fused-ring (bicyclic) bond motifs is 2. The fourth-order valence-corrected chi connectivity index (χ4v) is 8.19. The van der Waals surface area contributed by atoms with Crippen molar-refractivity contribution in [1.82, 2.24) is 28.7 Å². The lowest BCUT2D eigenvalue weighted by Gasteiger charge is -2.15. The van der Waals surface area contributed by atoms with Crippen molar-refractivity contribution >= 4 is 34.2 Å². The number of alkyl halides is 3. The molecule has 6 aromatic heterocycles. The number of carbonyl (C=O) groups excluding carboxylic acids is 2. The predicted octanol–water partition coefficient (Wildman–Crippen LogP) is 12.6. The van der Waals surface area contributed by atoms with E-state index in [0.717, 1.165) is 36.5 Å². The molecule has 0 aliphatic rings. The number of pyridine rings is 4. The van der Waals surface area contributed by atoms with E-state index in [0.29, 0.717) is 28.2 Å². The molecule has 0 bridgehead atoms. The van der Waals surface area contributed by atoms with Gasteiger partial charge in [-0.3, -0.25) is 28.4 Å². The van der Waals surface area contributed by atoms with E-state index in [2.05, 4.69) is 30.6 Å². The highest BCUT2D eigenvalue weighted by atomic mass is 19.4. The number of imidazole rings is 2. The number of benzene rings is 4. The molecule has 10 nitrogen and oxygen atoms in total. The van der Waals surface area contributed by atoms with Crippen LogP contribution in [0.25, 0.3) is 67.2 Å². The number of aromatic nitrogens is 6. The predicted molar refractivity (Wildman–Crippen MR) is 245 cm³/mol. The summed E-state index contributed by atoms with van der Waals surface area (Å²) in [6, 6.07) is 25.2. The van der Waals surface area contributed by atoms with Crippen molar-refractivity contribution in [2.45, 2.75) is 13.1 Å². The molecule has 10 rings (SSSR count). The zero-order chi connectivity index (χ0) is 49.0. The summed E-state index contributed by atoms with van der Waals surface area (Å²) in [4.78, 5) is 44.0.